The van der Waals surface area contributed by atoms with Crippen molar-refractivity contribution in [3.8, 4) is 0 Å². The van der Waals surface area contributed by atoms with Gasteiger partial charge in [-0.05, 0) is 105 Å². The molecule has 5 aliphatic rings. The van der Waals surface area contributed by atoms with Crippen LogP contribution in [0.4, 0.5) is 0 Å². The van der Waals surface area contributed by atoms with Crippen LogP contribution in [-0.4, -0.2) is 119 Å². The van der Waals surface area contributed by atoms with E-state index in [1.54, 1.807) is 13.0 Å². The van der Waals surface area contributed by atoms with Crippen LogP contribution in [-0.2, 0) is 9.47 Å². The Balaban J connectivity index is 1.54. The van der Waals surface area contributed by atoms with E-state index in [9.17, 15) is 46.0 Å². The Hall–Kier alpha value is -0.700. The van der Waals surface area contributed by atoms with Crippen molar-refractivity contribution in [3.63, 3.8) is 0 Å². The predicted octanol–water partition coefficient (Wildman–Crippen LogP) is 1.24. The van der Waals surface area contributed by atoms with Gasteiger partial charge in [-0.2, -0.15) is 0 Å². The van der Waals surface area contributed by atoms with Crippen molar-refractivity contribution in [3.05, 3.63) is 12.2 Å². The number of hydrogen-bond donors (Lipinski definition) is 9. The van der Waals surface area contributed by atoms with Gasteiger partial charge in [0.25, 0.3) is 0 Å². The van der Waals surface area contributed by atoms with Crippen LogP contribution in [0.1, 0.15) is 93.9 Å². The quantitative estimate of drug-likeness (QED) is 0.139. The summed E-state index contributed by atoms with van der Waals surface area (Å²) in [5.41, 5.74) is -4.65. The molecule has 11 heteroatoms. The molecule has 4 saturated carbocycles. The third-order valence-electron chi connectivity index (χ3n) is 14.5. The zero-order valence-corrected chi connectivity index (χ0v) is 29.5. The highest BCUT2D eigenvalue weighted by Crippen LogP contribution is 2.76. The fourth-order valence-corrected chi connectivity index (χ4v) is 11.7. The van der Waals surface area contributed by atoms with Gasteiger partial charge in [-0.3, -0.25) is 0 Å². The zero-order valence-electron chi connectivity index (χ0n) is 29.5. The van der Waals surface area contributed by atoms with Crippen molar-refractivity contribution >= 4 is 0 Å². The summed E-state index contributed by atoms with van der Waals surface area (Å²) in [6, 6.07) is 0. The van der Waals surface area contributed by atoms with E-state index in [0.717, 1.165) is 6.42 Å². The maximum atomic E-state index is 12.1. The summed E-state index contributed by atoms with van der Waals surface area (Å²) in [6.07, 6.45) is -3.50. The molecule has 0 amide bonds. The first-order chi connectivity index (χ1) is 21.5. The normalized spacial score (nSPS) is 51.9. The smallest absolute Gasteiger partial charge is 0.186 e. The fourth-order valence-electron chi connectivity index (χ4n) is 11.7. The maximum Gasteiger partial charge on any atom is 0.186 e. The average molecular weight is 671 g/mol. The average Bonchev–Trinajstić information content (AvgIpc) is 3.36. The minimum absolute atomic E-state index is 0.0360. The number of aliphatic hydroxyl groups is 9. The highest BCUT2D eigenvalue weighted by atomic mass is 16.7. The largest absolute Gasteiger partial charge is 0.394 e. The molecular weight excluding hydrogens is 608 g/mol. The summed E-state index contributed by atoms with van der Waals surface area (Å²) in [5, 5.41) is 97.8. The summed E-state index contributed by atoms with van der Waals surface area (Å²) in [5.74, 6) is -0.805. The number of ether oxygens (including phenoxy) is 2. The van der Waals surface area contributed by atoms with Gasteiger partial charge in [0.2, 0.25) is 0 Å². The van der Waals surface area contributed by atoms with Gasteiger partial charge in [0.15, 0.2) is 6.29 Å². The molecule has 9 N–H and O–H groups in total. The molecule has 0 aromatic rings. The van der Waals surface area contributed by atoms with E-state index in [-0.39, 0.29) is 23.7 Å². The minimum Gasteiger partial charge on any atom is -0.394 e. The van der Waals surface area contributed by atoms with E-state index in [4.69, 9.17) is 9.47 Å². The monoisotopic (exact) mass is 670 g/mol. The third kappa shape index (κ3) is 5.77. The van der Waals surface area contributed by atoms with Crippen LogP contribution in [0.5, 0.6) is 0 Å². The van der Waals surface area contributed by atoms with E-state index in [0.29, 0.717) is 32.1 Å². The van der Waals surface area contributed by atoms with Crippen LogP contribution >= 0.6 is 0 Å². The Morgan fingerprint density at radius 1 is 0.894 bits per heavy atom. The van der Waals surface area contributed by atoms with Crippen molar-refractivity contribution in [2.24, 2.45) is 45.3 Å². The van der Waals surface area contributed by atoms with Gasteiger partial charge >= 0.3 is 0 Å². The van der Waals surface area contributed by atoms with Crippen molar-refractivity contribution in [2.75, 3.05) is 6.61 Å². The molecule has 0 radical (unpaired) electrons. The molecule has 0 aromatic heterocycles. The third-order valence-corrected chi connectivity index (χ3v) is 14.5. The molecule has 0 spiro atoms. The standard InChI is InChI=1S/C36H62O11/c1-31(2)23(39)10-12-33(5)22-15-19(38)25-18(36(8,45)14-11-24(40)32(3,4)44)9-13-34(25,6)35(22,7)16-20(29(31)33)46-30-28(43)27(42)26(41)21(17-37)47-30/h11,14,18-30,37-45H,9-10,12-13,15-17H2,1-8H3/b14-11+/t18-,19+,20-,21+,22+,23-,24?,25-,26+,27-,28+,29-,30+,33+,34+,35+,36-/m0/s1. The Morgan fingerprint density at radius 3 is 2.13 bits per heavy atom. The highest BCUT2D eigenvalue weighted by Gasteiger charge is 2.73. The lowest BCUT2D eigenvalue weighted by Gasteiger charge is -2.72. The lowest BCUT2D eigenvalue weighted by molar-refractivity contribution is -0.346. The van der Waals surface area contributed by atoms with E-state index in [1.807, 2.05) is 13.8 Å². The number of rotatable bonds is 7. The molecule has 11 nitrogen and oxygen atoms in total. The van der Waals surface area contributed by atoms with Crippen molar-refractivity contribution in [2.45, 2.75) is 160 Å². The van der Waals surface area contributed by atoms with Crippen LogP contribution < -0.4 is 0 Å². The molecule has 4 aliphatic carbocycles. The lowest BCUT2D eigenvalue weighted by atomic mass is 9.34. The highest BCUT2D eigenvalue weighted by molar-refractivity contribution is 5.23. The lowest BCUT2D eigenvalue weighted by Crippen LogP contribution is -2.71. The Morgan fingerprint density at radius 2 is 1.53 bits per heavy atom. The Bertz CT molecular complexity index is 1170. The van der Waals surface area contributed by atoms with Crippen LogP contribution in [0.3, 0.4) is 0 Å². The van der Waals surface area contributed by atoms with Gasteiger partial charge in [-0.25, -0.2) is 0 Å². The van der Waals surface area contributed by atoms with E-state index in [1.165, 1.54) is 19.9 Å². The number of aliphatic hydroxyl groups excluding tert-OH is 7. The molecular formula is C36H62O11. The van der Waals surface area contributed by atoms with Gasteiger partial charge in [-0.1, -0.05) is 46.8 Å². The minimum atomic E-state index is -1.58. The molecule has 272 valence electrons. The second-order valence-corrected chi connectivity index (χ2v) is 18.0. The Kier molecular flexibility index (Phi) is 9.76. The van der Waals surface area contributed by atoms with Crippen molar-refractivity contribution < 1.29 is 55.4 Å². The number of hydrogen-bond acceptors (Lipinski definition) is 11. The summed E-state index contributed by atoms with van der Waals surface area (Å²) in [4.78, 5) is 0. The van der Waals surface area contributed by atoms with Gasteiger partial charge in [0.05, 0.1) is 36.1 Å². The molecule has 0 aromatic carbocycles. The SMILES string of the molecule is CC(C)(O)C(O)/C=C/[C@](C)(O)[C@H]1CC[C@]2(C)[C@@H]1[C@H](O)C[C@@H]1[C@@]3(C)CC[C@H](O)C(C)(C)[C@@H]3[C@@H](O[C@@H]3O[C@H](CO)[C@@H](O)[C@H](O)[C@H]3O)C[C@]12C. The van der Waals surface area contributed by atoms with Crippen molar-refractivity contribution in [1.82, 2.24) is 0 Å². The van der Waals surface area contributed by atoms with E-state index >= 15 is 0 Å². The molecule has 1 unspecified atom stereocenters. The molecule has 1 aliphatic heterocycles. The van der Waals surface area contributed by atoms with Gasteiger partial charge in [0, 0.05) is 0 Å². The van der Waals surface area contributed by atoms with Crippen LogP contribution in [0, 0.1) is 45.3 Å². The number of fused-ring (bicyclic) bond motifs is 5. The first-order valence-corrected chi connectivity index (χ1v) is 17.6. The molecule has 1 saturated heterocycles. The molecule has 5 fully saturated rings. The molecule has 17 atom stereocenters. The summed E-state index contributed by atoms with van der Waals surface area (Å²) in [7, 11) is 0. The summed E-state index contributed by atoms with van der Waals surface area (Å²) in [6.45, 7) is 14.9. The molecule has 0 bridgehead atoms. The van der Waals surface area contributed by atoms with Gasteiger partial charge < -0.3 is 55.4 Å². The van der Waals surface area contributed by atoms with Crippen molar-refractivity contribution in [1.29, 1.82) is 0 Å². The molecule has 47 heavy (non-hydrogen) atoms. The van der Waals surface area contributed by atoms with E-state index < -0.39 is 94.6 Å². The molecule has 5 rings (SSSR count). The van der Waals surface area contributed by atoms with E-state index in [2.05, 4.69) is 20.8 Å². The first-order valence-electron chi connectivity index (χ1n) is 17.6. The Labute approximate surface area is 279 Å². The maximum absolute atomic E-state index is 12.1. The first kappa shape index (κ1) is 37.6. The summed E-state index contributed by atoms with van der Waals surface area (Å²) < 4.78 is 12.6. The second-order valence-electron chi connectivity index (χ2n) is 18.0. The van der Waals surface area contributed by atoms with Crippen LogP contribution in [0.25, 0.3) is 0 Å². The molecule has 1 heterocycles. The predicted molar refractivity (Wildman–Crippen MR) is 172 cm³/mol. The van der Waals surface area contributed by atoms with Gasteiger partial charge in [0.1, 0.15) is 30.5 Å². The topological polar surface area (TPSA) is 201 Å². The van der Waals surface area contributed by atoms with Crippen LogP contribution in [0.15, 0.2) is 12.2 Å². The second kappa shape index (κ2) is 12.2. The summed E-state index contributed by atoms with van der Waals surface area (Å²) >= 11 is 0. The van der Waals surface area contributed by atoms with Gasteiger partial charge in [-0.15, -0.1) is 0 Å². The zero-order chi connectivity index (χ0) is 35.3. The van der Waals surface area contributed by atoms with Crippen LogP contribution in [0.2, 0.25) is 0 Å². The fraction of sp³-hybridized carbons (Fsp3) is 0.944.